The molecule has 3 atom stereocenters. The molecular weight excluding hydrogens is 208 g/mol. The molecule has 0 amide bonds. The Hall–Kier alpha value is -0.0800. The molecule has 0 radical (unpaired) electrons. The Balaban J connectivity index is 1.69. The lowest BCUT2D eigenvalue weighted by atomic mass is 10.00. The first kappa shape index (κ1) is 13.4. The number of rotatable bonds is 5. The summed E-state index contributed by atoms with van der Waals surface area (Å²) >= 11 is 0. The van der Waals surface area contributed by atoms with Crippen LogP contribution in [0.15, 0.2) is 0 Å². The van der Waals surface area contributed by atoms with E-state index in [0.29, 0.717) is 0 Å². The zero-order chi connectivity index (χ0) is 12.3. The van der Waals surface area contributed by atoms with E-state index in [0.717, 1.165) is 23.9 Å². The normalized spacial score (nSPS) is 34.9. The van der Waals surface area contributed by atoms with Gasteiger partial charge in [0.05, 0.1) is 0 Å². The van der Waals surface area contributed by atoms with E-state index in [4.69, 9.17) is 0 Å². The largest absolute Gasteiger partial charge is 0.313 e. The van der Waals surface area contributed by atoms with Crippen molar-refractivity contribution >= 4 is 0 Å². The fourth-order valence-corrected chi connectivity index (χ4v) is 3.61. The Morgan fingerprint density at radius 3 is 2.71 bits per heavy atom. The average Bonchev–Trinajstić information content (AvgIpc) is 2.95. The first-order valence-corrected chi connectivity index (χ1v) is 7.68. The fourth-order valence-electron chi connectivity index (χ4n) is 3.61. The molecular formula is C15H30N2. The maximum absolute atomic E-state index is 3.86. The van der Waals surface area contributed by atoms with E-state index in [-0.39, 0.29) is 0 Å². The quantitative estimate of drug-likeness (QED) is 0.792. The molecule has 1 aliphatic heterocycles. The standard InChI is InChI=1S/C15H30N2/c1-4-14-6-5-7-15(14)16-10-13-8-9-17(11-13)12(2)3/h12-16H,4-11H2,1-3H3. The fraction of sp³-hybridized carbons (Fsp3) is 1.00. The Morgan fingerprint density at radius 2 is 2.06 bits per heavy atom. The minimum absolute atomic E-state index is 0.731. The van der Waals surface area contributed by atoms with Crippen LogP contribution in [0.3, 0.4) is 0 Å². The van der Waals surface area contributed by atoms with Crippen LogP contribution in [-0.2, 0) is 0 Å². The number of nitrogens with one attached hydrogen (secondary N) is 1. The van der Waals surface area contributed by atoms with Gasteiger partial charge >= 0.3 is 0 Å². The maximum atomic E-state index is 3.86. The SMILES string of the molecule is CCC1CCCC1NCC1CCN(C(C)C)C1. The summed E-state index contributed by atoms with van der Waals surface area (Å²) in [5, 5.41) is 3.86. The zero-order valence-corrected chi connectivity index (χ0v) is 11.9. The number of hydrogen-bond acceptors (Lipinski definition) is 2. The summed E-state index contributed by atoms with van der Waals surface area (Å²) in [5.41, 5.74) is 0. The van der Waals surface area contributed by atoms with E-state index in [1.807, 2.05) is 0 Å². The molecule has 0 aromatic heterocycles. The van der Waals surface area contributed by atoms with Crippen LogP contribution in [0.2, 0.25) is 0 Å². The first-order chi connectivity index (χ1) is 8.20. The molecule has 100 valence electrons. The van der Waals surface area contributed by atoms with Gasteiger partial charge in [0.2, 0.25) is 0 Å². The summed E-state index contributed by atoms with van der Waals surface area (Å²) in [6, 6.07) is 1.56. The van der Waals surface area contributed by atoms with Gasteiger partial charge in [0.25, 0.3) is 0 Å². The summed E-state index contributed by atoms with van der Waals surface area (Å²) in [7, 11) is 0. The van der Waals surface area contributed by atoms with Gasteiger partial charge in [-0.05, 0) is 58.0 Å². The first-order valence-electron chi connectivity index (χ1n) is 7.68. The minimum atomic E-state index is 0.731. The third-order valence-electron chi connectivity index (χ3n) is 4.90. The molecule has 1 heterocycles. The molecule has 0 aromatic rings. The highest BCUT2D eigenvalue weighted by Gasteiger charge is 2.28. The second kappa shape index (κ2) is 6.19. The van der Waals surface area contributed by atoms with Crippen LogP contribution < -0.4 is 5.32 Å². The predicted octanol–water partition coefficient (Wildman–Crippen LogP) is 2.89. The highest BCUT2D eigenvalue weighted by Crippen LogP contribution is 2.28. The van der Waals surface area contributed by atoms with E-state index < -0.39 is 0 Å². The minimum Gasteiger partial charge on any atom is -0.313 e. The van der Waals surface area contributed by atoms with Gasteiger partial charge in [-0.1, -0.05) is 19.8 Å². The van der Waals surface area contributed by atoms with Gasteiger partial charge in [-0.25, -0.2) is 0 Å². The van der Waals surface area contributed by atoms with Crippen molar-refractivity contribution in [2.75, 3.05) is 19.6 Å². The molecule has 2 nitrogen and oxygen atoms in total. The van der Waals surface area contributed by atoms with E-state index >= 15 is 0 Å². The van der Waals surface area contributed by atoms with Crippen LogP contribution >= 0.6 is 0 Å². The highest BCUT2D eigenvalue weighted by atomic mass is 15.2. The maximum Gasteiger partial charge on any atom is 0.00953 e. The van der Waals surface area contributed by atoms with Gasteiger partial charge < -0.3 is 10.2 Å². The number of nitrogens with zero attached hydrogens (tertiary/aromatic N) is 1. The second-order valence-electron chi connectivity index (χ2n) is 6.36. The van der Waals surface area contributed by atoms with Crippen LogP contribution in [0.25, 0.3) is 0 Å². The van der Waals surface area contributed by atoms with Gasteiger partial charge in [0.15, 0.2) is 0 Å². The average molecular weight is 238 g/mol. The van der Waals surface area contributed by atoms with E-state index in [1.54, 1.807) is 0 Å². The van der Waals surface area contributed by atoms with E-state index in [1.165, 1.54) is 51.7 Å². The van der Waals surface area contributed by atoms with Crippen molar-refractivity contribution in [1.29, 1.82) is 0 Å². The molecule has 0 spiro atoms. The number of hydrogen-bond donors (Lipinski definition) is 1. The van der Waals surface area contributed by atoms with Gasteiger partial charge in [-0.2, -0.15) is 0 Å². The van der Waals surface area contributed by atoms with Crippen molar-refractivity contribution in [3.05, 3.63) is 0 Å². The van der Waals surface area contributed by atoms with Crippen molar-refractivity contribution in [3.63, 3.8) is 0 Å². The molecule has 2 heteroatoms. The van der Waals surface area contributed by atoms with Crippen LogP contribution in [-0.4, -0.2) is 36.6 Å². The smallest absolute Gasteiger partial charge is 0.00953 e. The molecule has 2 fully saturated rings. The monoisotopic (exact) mass is 238 g/mol. The topological polar surface area (TPSA) is 15.3 Å². The van der Waals surface area contributed by atoms with Crippen molar-refractivity contribution in [2.24, 2.45) is 11.8 Å². The van der Waals surface area contributed by atoms with Crippen LogP contribution in [0.1, 0.15) is 52.9 Å². The third kappa shape index (κ3) is 3.45. The Kier molecular flexibility index (Phi) is 4.87. The molecule has 0 bridgehead atoms. The lowest BCUT2D eigenvalue weighted by Crippen LogP contribution is -2.37. The van der Waals surface area contributed by atoms with Crippen LogP contribution in [0.5, 0.6) is 0 Å². The Bertz CT molecular complexity index is 227. The molecule has 2 rings (SSSR count). The summed E-state index contributed by atoms with van der Waals surface area (Å²) in [4.78, 5) is 2.62. The van der Waals surface area contributed by atoms with Crippen LogP contribution in [0.4, 0.5) is 0 Å². The summed E-state index contributed by atoms with van der Waals surface area (Å²) in [5.74, 6) is 1.85. The lowest BCUT2D eigenvalue weighted by molar-refractivity contribution is 0.260. The Labute approximate surface area is 107 Å². The van der Waals surface area contributed by atoms with Crippen molar-refractivity contribution in [1.82, 2.24) is 10.2 Å². The Morgan fingerprint density at radius 1 is 1.24 bits per heavy atom. The van der Waals surface area contributed by atoms with Gasteiger partial charge in [-0.3, -0.25) is 0 Å². The van der Waals surface area contributed by atoms with Crippen molar-refractivity contribution < 1.29 is 0 Å². The number of likely N-dealkylation sites (tertiary alicyclic amines) is 1. The predicted molar refractivity (Wildman–Crippen MR) is 74.2 cm³/mol. The summed E-state index contributed by atoms with van der Waals surface area (Å²) in [6.07, 6.45) is 7.07. The lowest BCUT2D eigenvalue weighted by Gasteiger charge is -2.23. The van der Waals surface area contributed by atoms with Gasteiger partial charge in [-0.15, -0.1) is 0 Å². The molecule has 3 unspecified atom stereocenters. The van der Waals surface area contributed by atoms with Gasteiger partial charge in [0.1, 0.15) is 0 Å². The molecule has 1 saturated carbocycles. The van der Waals surface area contributed by atoms with Crippen LogP contribution in [0, 0.1) is 11.8 Å². The zero-order valence-electron chi connectivity index (χ0n) is 11.9. The third-order valence-corrected chi connectivity index (χ3v) is 4.90. The molecule has 17 heavy (non-hydrogen) atoms. The van der Waals surface area contributed by atoms with Crippen molar-refractivity contribution in [3.8, 4) is 0 Å². The molecule has 1 N–H and O–H groups in total. The molecule has 0 aromatic carbocycles. The molecule has 1 aliphatic carbocycles. The molecule has 2 aliphatic rings. The second-order valence-corrected chi connectivity index (χ2v) is 6.36. The highest BCUT2D eigenvalue weighted by molar-refractivity contribution is 4.85. The van der Waals surface area contributed by atoms with Gasteiger partial charge in [0, 0.05) is 18.6 Å². The van der Waals surface area contributed by atoms with E-state index in [9.17, 15) is 0 Å². The van der Waals surface area contributed by atoms with Crippen molar-refractivity contribution in [2.45, 2.75) is 65.0 Å². The summed E-state index contributed by atoms with van der Waals surface area (Å²) < 4.78 is 0. The van der Waals surface area contributed by atoms with E-state index in [2.05, 4.69) is 31.0 Å². The summed E-state index contributed by atoms with van der Waals surface area (Å²) in [6.45, 7) is 10.9. The molecule has 1 saturated heterocycles.